The summed E-state index contributed by atoms with van der Waals surface area (Å²) in [7, 11) is 0. The molecule has 0 amide bonds. The summed E-state index contributed by atoms with van der Waals surface area (Å²) in [5.74, 6) is 0. The quantitative estimate of drug-likeness (QED) is 0.643. The minimum atomic E-state index is 0.646. The summed E-state index contributed by atoms with van der Waals surface area (Å²) in [6.45, 7) is 0. The molecule has 0 bridgehead atoms. The Hall–Kier alpha value is -2.14. The number of nitrogen functional groups attached to an aromatic ring is 2. The van der Waals surface area contributed by atoms with E-state index in [2.05, 4.69) is 9.97 Å². The highest BCUT2D eigenvalue weighted by molar-refractivity contribution is 7.21. The zero-order chi connectivity index (χ0) is 11.8. The third-order valence-electron chi connectivity index (χ3n) is 2.39. The fourth-order valence-electron chi connectivity index (χ4n) is 1.69. The molecule has 3 aromatic rings. The highest BCUT2D eigenvalue weighted by Gasteiger charge is 2.07. The first-order chi connectivity index (χ1) is 8.22. The number of thiazole rings is 1. The van der Waals surface area contributed by atoms with Crippen molar-refractivity contribution in [2.45, 2.75) is 0 Å². The molecule has 0 spiro atoms. The summed E-state index contributed by atoms with van der Waals surface area (Å²) >= 11 is 1.53. The molecule has 2 aromatic heterocycles. The molecule has 3 rings (SSSR count). The lowest BCUT2D eigenvalue weighted by Gasteiger charge is -2.00. The van der Waals surface area contributed by atoms with E-state index in [9.17, 15) is 0 Å². The molecule has 0 atom stereocenters. The van der Waals surface area contributed by atoms with E-state index in [1.165, 1.54) is 11.3 Å². The maximum absolute atomic E-state index is 5.77. The van der Waals surface area contributed by atoms with E-state index in [1.807, 2.05) is 24.3 Å². The van der Waals surface area contributed by atoms with Gasteiger partial charge in [-0.3, -0.25) is 0 Å². The second-order valence-corrected chi connectivity index (χ2v) is 4.71. The van der Waals surface area contributed by atoms with Crippen LogP contribution in [0.5, 0.6) is 0 Å². The fourth-order valence-corrected chi connectivity index (χ4v) is 2.59. The lowest BCUT2D eigenvalue weighted by atomic mass is 10.2. The van der Waals surface area contributed by atoms with Gasteiger partial charge in [0.2, 0.25) is 0 Å². The van der Waals surface area contributed by atoms with Crippen molar-refractivity contribution in [2.75, 3.05) is 11.5 Å². The molecule has 0 aliphatic heterocycles. The molecule has 17 heavy (non-hydrogen) atoms. The molecular formula is C12H10N4S. The molecule has 0 radical (unpaired) electrons. The molecule has 0 saturated heterocycles. The number of pyridine rings is 1. The van der Waals surface area contributed by atoms with Crippen LogP contribution in [0.2, 0.25) is 0 Å². The van der Waals surface area contributed by atoms with Crippen molar-refractivity contribution < 1.29 is 0 Å². The number of aromatic nitrogens is 2. The van der Waals surface area contributed by atoms with Crippen LogP contribution in [0.1, 0.15) is 0 Å². The van der Waals surface area contributed by atoms with Crippen molar-refractivity contribution in [3.05, 3.63) is 36.5 Å². The minimum absolute atomic E-state index is 0.646. The Kier molecular flexibility index (Phi) is 2.19. The summed E-state index contributed by atoms with van der Waals surface area (Å²) < 4.78 is 0. The highest BCUT2D eigenvalue weighted by Crippen LogP contribution is 2.30. The van der Waals surface area contributed by atoms with Gasteiger partial charge in [-0.25, -0.2) is 9.97 Å². The van der Waals surface area contributed by atoms with Gasteiger partial charge in [0.15, 0.2) is 0 Å². The maximum Gasteiger partial charge on any atom is 0.143 e. The molecule has 0 unspecified atom stereocenters. The van der Waals surface area contributed by atoms with Gasteiger partial charge in [0.05, 0.1) is 0 Å². The second-order valence-electron chi connectivity index (χ2n) is 3.74. The van der Waals surface area contributed by atoms with Crippen LogP contribution < -0.4 is 11.5 Å². The van der Waals surface area contributed by atoms with E-state index in [4.69, 9.17) is 11.5 Å². The number of nitrogens with two attached hydrogens (primary N) is 2. The Balaban J connectivity index is 2.20. The van der Waals surface area contributed by atoms with Gasteiger partial charge in [-0.2, -0.15) is 0 Å². The smallest absolute Gasteiger partial charge is 0.143 e. The van der Waals surface area contributed by atoms with Gasteiger partial charge >= 0.3 is 0 Å². The number of fused-ring (bicyclic) bond motifs is 1. The van der Waals surface area contributed by atoms with Gasteiger partial charge in [0.25, 0.3) is 0 Å². The van der Waals surface area contributed by atoms with Crippen molar-refractivity contribution >= 4 is 33.1 Å². The van der Waals surface area contributed by atoms with Gasteiger partial charge in [-0.1, -0.05) is 11.3 Å². The van der Waals surface area contributed by atoms with Crippen LogP contribution in [-0.2, 0) is 0 Å². The average molecular weight is 242 g/mol. The maximum atomic E-state index is 5.77. The van der Waals surface area contributed by atoms with Crippen LogP contribution in [0.15, 0.2) is 36.5 Å². The topological polar surface area (TPSA) is 77.8 Å². The Morgan fingerprint density at radius 3 is 2.53 bits per heavy atom. The second kappa shape index (κ2) is 3.71. The van der Waals surface area contributed by atoms with Gasteiger partial charge in [0.1, 0.15) is 15.4 Å². The Morgan fingerprint density at radius 1 is 1.06 bits per heavy atom. The van der Waals surface area contributed by atoms with Gasteiger partial charge in [-0.05, 0) is 30.3 Å². The number of hydrogen-bond acceptors (Lipinski definition) is 5. The van der Waals surface area contributed by atoms with E-state index in [1.54, 1.807) is 12.3 Å². The molecule has 1 aromatic carbocycles. The summed E-state index contributed by atoms with van der Waals surface area (Å²) in [5, 5.41) is 0.887. The fraction of sp³-hybridized carbons (Fsp3) is 0. The van der Waals surface area contributed by atoms with Crippen molar-refractivity contribution in [3.8, 4) is 10.6 Å². The van der Waals surface area contributed by atoms with Crippen LogP contribution in [0, 0.1) is 0 Å². The van der Waals surface area contributed by atoms with E-state index in [0.29, 0.717) is 11.4 Å². The number of anilines is 2. The van der Waals surface area contributed by atoms with Crippen molar-refractivity contribution in [3.63, 3.8) is 0 Å². The van der Waals surface area contributed by atoms with Crippen LogP contribution >= 0.6 is 11.3 Å². The van der Waals surface area contributed by atoms with Gasteiger partial charge in [-0.15, -0.1) is 0 Å². The summed E-state index contributed by atoms with van der Waals surface area (Å²) in [4.78, 5) is 9.70. The molecule has 4 nitrogen and oxygen atoms in total. The Bertz CT molecular complexity index is 637. The van der Waals surface area contributed by atoms with Crippen LogP contribution in [-0.4, -0.2) is 9.97 Å². The highest BCUT2D eigenvalue weighted by atomic mass is 32.1. The van der Waals surface area contributed by atoms with E-state index in [-0.39, 0.29) is 0 Å². The monoisotopic (exact) mass is 242 g/mol. The van der Waals surface area contributed by atoms with Gasteiger partial charge < -0.3 is 11.5 Å². The summed E-state index contributed by atoms with van der Waals surface area (Å²) in [5.41, 5.74) is 14.7. The molecule has 2 heterocycles. The zero-order valence-electron chi connectivity index (χ0n) is 8.92. The molecule has 0 aliphatic carbocycles. The first kappa shape index (κ1) is 10.0. The molecule has 4 N–H and O–H groups in total. The molecule has 0 aliphatic rings. The average Bonchev–Trinajstić information content (AvgIpc) is 2.71. The third-order valence-corrected chi connectivity index (χ3v) is 3.42. The molecular weight excluding hydrogens is 232 g/mol. The number of benzene rings is 1. The van der Waals surface area contributed by atoms with Crippen molar-refractivity contribution in [1.29, 1.82) is 0 Å². The van der Waals surface area contributed by atoms with Crippen LogP contribution in [0.3, 0.4) is 0 Å². The standard InChI is InChI=1S/C12H10N4S/c13-8-4-7(5-9(14)6-8)11-16-10-2-1-3-15-12(10)17-11/h1-6H,13-14H2. The Labute approximate surface area is 102 Å². The number of hydrogen-bond donors (Lipinski definition) is 2. The lowest BCUT2D eigenvalue weighted by molar-refractivity contribution is 1.41. The number of nitrogens with zero attached hydrogens (tertiary/aromatic N) is 2. The third kappa shape index (κ3) is 1.81. The van der Waals surface area contributed by atoms with Crippen LogP contribution in [0.4, 0.5) is 11.4 Å². The van der Waals surface area contributed by atoms with Gasteiger partial charge in [0, 0.05) is 23.1 Å². The molecule has 84 valence electrons. The zero-order valence-corrected chi connectivity index (χ0v) is 9.74. The minimum Gasteiger partial charge on any atom is -0.399 e. The summed E-state index contributed by atoms with van der Waals surface area (Å²) in [6, 6.07) is 9.29. The SMILES string of the molecule is Nc1cc(N)cc(-c2nc3cccnc3s2)c1. The molecule has 0 saturated carbocycles. The normalized spacial score (nSPS) is 10.8. The molecule has 0 fully saturated rings. The van der Waals surface area contributed by atoms with Crippen molar-refractivity contribution in [1.82, 2.24) is 9.97 Å². The lowest BCUT2D eigenvalue weighted by Crippen LogP contribution is -1.90. The predicted octanol–water partition coefficient (Wildman–Crippen LogP) is 2.52. The molecule has 5 heteroatoms. The summed E-state index contributed by atoms with van der Waals surface area (Å²) in [6.07, 6.45) is 1.76. The van der Waals surface area contributed by atoms with E-state index in [0.717, 1.165) is 20.9 Å². The van der Waals surface area contributed by atoms with Crippen LogP contribution in [0.25, 0.3) is 20.9 Å². The first-order valence-electron chi connectivity index (χ1n) is 5.10. The number of rotatable bonds is 1. The largest absolute Gasteiger partial charge is 0.399 e. The van der Waals surface area contributed by atoms with E-state index >= 15 is 0 Å². The van der Waals surface area contributed by atoms with Crippen molar-refractivity contribution in [2.24, 2.45) is 0 Å². The Morgan fingerprint density at radius 2 is 1.82 bits per heavy atom. The predicted molar refractivity (Wildman–Crippen MR) is 71.7 cm³/mol. The first-order valence-corrected chi connectivity index (χ1v) is 5.92. The van der Waals surface area contributed by atoms with E-state index < -0.39 is 0 Å².